The van der Waals surface area contributed by atoms with Crippen LogP contribution in [0.1, 0.15) is 5.56 Å². The molecule has 0 radical (unpaired) electrons. The van der Waals surface area contributed by atoms with Crippen LogP contribution >= 0.6 is 34.8 Å². The van der Waals surface area contributed by atoms with E-state index in [0.29, 0.717) is 21.3 Å². The van der Waals surface area contributed by atoms with Crippen molar-refractivity contribution in [3.8, 4) is 0 Å². The summed E-state index contributed by atoms with van der Waals surface area (Å²) in [5.41, 5.74) is 0.896. The topological polar surface area (TPSA) is 46.2 Å². The molecule has 0 heterocycles. The maximum absolute atomic E-state index is 12.4. The molecule has 0 saturated carbocycles. The molecule has 0 bridgehead atoms. The molecule has 0 aliphatic heterocycles. The van der Waals surface area contributed by atoms with Crippen LogP contribution in [0.2, 0.25) is 10.0 Å². The lowest BCUT2D eigenvalue weighted by Crippen LogP contribution is -2.14. The van der Waals surface area contributed by atoms with E-state index in [1.807, 2.05) is 0 Å². The molecule has 106 valence electrons. The summed E-state index contributed by atoms with van der Waals surface area (Å²) in [5, 5.41) is 0.854. The molecular weight excluding hydrogens is 341 g/mol. The van der Waals surface area contributed by atoms with Crippen molar-refractivity contribution in [3.63, 3.8) is 0 Å². The van der Waals surface area contributed by atoms with E-state index in [0.717, 1.165) is 0 Å². The van der Waals surface area contributed by atoms with Gasteiger partial charge in [0.05, 0.1) is 4.90 Å². The lowest BCUT2D eigenvalue weighted by molar-refractivity contribution is 0.600. The van der Waals surface area contributed by atoms with E-state index in [1.54, 1.807) is 36.4 Å². The average molecular weight is 351 g/mol. The zero-order valence-electron chi connectivity index (χ0n) is 10.1. The van der Waals surface area contributed by atoms with E-state index >= 15 is 0 Å². The minimum Gasteiger partial charge on any atom is -0.280 e. The van der Waals surface area contributed by atoms with Crippen LogP contribution in [-0.4, -0.2) is 8.42 Å². The number of benzene rings is 2. The number of halogens is 3. The molecule has 2 aromatic carbocycles. The Morgan fingerprint density at radius 1 is 0.950 bits per heavy atom. The maximum atomic E-state index is 12.4. The van der Waals surface area contributed by atoms with Crippen LogP contribution < -0.4 is 4.72 Å². The summed E-state index contributed by atoms with van der Waals surface area (Å²) in [5.74, 6) is 0.0774. The Kier molecular flexibility index (Phi) is 4.81. The summed E-state index contributed by atoms with van der Waals surface area (Å²) in [6.45, 7) is 0. The molecule has 2 rings (SSSR count). The Morgan fingerprint density at radius 2 is 1.55 bits per heavy atom. The SMILES string of the molecule is O=S(=O)(Nc1ccc(Cl)cc1)c1cc(Cl)ccc1CCl. The third-order valence-corrected chi connectivity index (χ3v) is 4.80. The summed E-state index contributed by atoms with van der Waals surface area (Å²) >= 11 is 17.4. The van der Waals surface area contributed by atoms with Crippen LogP contribution in [0.4, 0.5) is 5.69 Å². The van der Waals surface area contributed by atoms with E-state index in [4.69, 9.17) is 34.8 Å². The van der Waals surface area contributed by atoms with Gasteiger partial charge in [-0.2, -0.15) is 0 Å². The lowest BCUT2D eigenvalue weighted by Gasteiger charge is -2.11. The van der Waals surface area contributed by atoms with E-state index in [-0.39, 0.29) is 10.8 Å². The maximum Gasteiger partial charge on any atom is 0.262 e. The molecule has 2 aromatic rings. The van der Waals surface area contributed by atoms with Gasteiger partial charge in [0.2, 0.25) is 0 Å². The van der Waals surface area contributed by atoms with Crippen LogP contribution in [0.15, 0.2) is 47.4 Å². The van der Waals surface area contributed by atoms with Crippen LogP contribution in [0.3, 0.4) is 0 Å². The first-order valence-electron chi connectivity index (χ1n) is 5.55. The summed E-state index contributed by atoms with van der Waals surface area (Å²) < 4.78 is 27.2. The molecule has 1 N–H and O–H groups in total. The molecule has 0 fully saturated rings. The number of nitrogens with one attached hydrogen (secondary N) is 1. The highest BCUT2D eigenvalue weighted by atomic mass is 35.5. The average Bonchev–Trinajstić information content (AvgIpc) is 2.41. The van der Waals surface area contributed by atoms with Crippen LogP contribution in [0, 0.1) is 0 Å². The van der Waals surface area contributed by atoms with Gasteiger partial charge < -0.3 is 0 Å². The standard InChI is InChI=1S/C13H10Cl3NO2S/c14-8-9-1-2-11(16)7-13(9)20(18,19)17-12-5-3-10(15)4-6-12/h1-7,17H,8H2. The quantitative estimate of drug-likeness (QED) is 0.823. The van der Waals surface area contributed by atoms with Crippen molar-refractivity contribution < 1.29 is 8.42 Å². The third-order valence-electron chi connectivity index (χ3n) is 2.56. The normalized spacial score (nSPS) is 11.3. The first-order chi connectivity index (χ1) is 9.42. The molecular formula is C13H10Cl3NO2S. The Balaban J connectivity index is 2.40. The van der Waals surface area contributed by atoms with Crippen molar-refractivity contribution in [3.05, 3.63) is 58.1 Å². The third kappa shape index (κ3) is 3.58. The van der Waals surface area contributed by atoms with Gasteiger partial charge in [-0.25, -0.2) is 8.42 Å². The van der Waals surface area contributed by atoms with Gasteiger partial charge in [-0.05, 0) is 42.0 Å². The van der Waals surface area contributed by atoms with Gasteiger partial charge in [0.25, 0.3) is 10.0 Å². The predicted octanol–water partition coefficient (Wildman–Crippen LogP) is 4.53. The van der Waals surface area contributed by atoms with Crippen molar-refractivity contribution in [1.29, 1.82) is 0 Å². The largest absolute Gasteiger partial charge is 0.280 e. The summed E-state index contributed by atoms with van der Waals surface area (Å²) in [4.78, 5) is 0.0648. The second kappa shape index (κ2) is 6.22. The smallest absolute Gasteiger partial charge is 0.262 e. The highest BCUT2D eigenvalue weighted by Crippen LogP contribution is 2.25. The van der Waals surface area contributed by atoms with E-state index < -0.39 is 10.0 Å². The van der Waals surface area contributed by atoms with Gasteiger partial charge in [-0.15, -0.1) is 11.6 Å². The van der Waals surface area contributed by atoms with Crippen molar-refractivity contribution in [2.75, 3.05) is 4.72 Å². The molecule has 3 nitrogen and oxygen atoms in total. The Bertz CT molecular complexity index is 715. The molecule has 0 atom stereocenters. The summed E-state index contributed by atoms with van der Waals surface area (Å²) in [7, 11) is -3.75. The monoisotopic (exact) mass is 349 g/mol. The van der Waals surface area contributed by atoms with E-state index in [1.165, 1.54) is 6.07 Å². The number of alkyl halides is 1. The van der Waals surface area contributed by atoms with Crippen molar-refractivity contribution in [2.24, 2.45) is 0 Å². The minimum absolute atomic E-state index is 0.0648. The Labute approximate surface area is 132 Å². The van der Waals surface area contributed by atoms with Gasteiger partial charge >= 0.3 is 0 Å². The van der Waals surface area contributed by atoms with Crippen LogP contribution in [0.25, 0.3) is 0 Å². The predicted molar refractivity (Wildman–Crippen MR) is 83.3 cm³/mol. The fourth-order valence-electron chi connectivity index (χ4n) is 1.62. The number of hydrogen-bond acceptors (Lipinski definition) is 2. The molecule has 0 unspecified atom stereocenters. The first kappa shape index (κ1) is 15.4. The number of anilines is 1. The number of hydrogen-bond donors (Lipinski definition) is 1. The van der Waals surface area contributed by atoms with Gasteiger partial charge in [-0.1, -0.05) is 29.3 Å². The fourth-order valence-corrected chi connectivity index (χ4v) is 3.62. The molecule has 0 amide bonds. The van der Waals surface area contributed by atoms with Crippen molar-refractivity contribution in [1.82, 2.24) is 0 Å². The second-order valence-electron chi connectivity index (χ2n) is 4.00. The highest BCUT2D eigenvalue weighted by Gasteiger charge is 2.18. The number of sulfonamides is 1. The fraction of sp³-hybridized carbons (Fsp3) is 0.0769. The molecule has 7 heteroatoms. The summed E-state index contributed by atoms with van der Waals surface area (Å²) in [6.07, 6.45) is 0. The van der Waals surface area contributed by atoms with E-state index in [9.17, 15) is 8.42 Å². The van der Waals surface area contributed by atoms with Gasteiger partial charge in [0.15, 0.2) is 0 Å². The Hall–Kier alpha value is -0.940. The minimum atomic E-state index is -3.75. The Morgan fingerprint density at radius 3 is 2.15 bits per heavy atom. The van der Waals surface area contributed by atoms with Crippen LogP contribution in [-0.2, 0) is 15.9 Å². The van der Waals surface area contributed by atoms with E-state index in [2.05, 4.69) is 4.72 Å². The first-order valence-corrected chi connectivity index (χ1v) is 8.32. The molecule has 0 aliphatic carbocycles. The van der Waals surface area contributed by atoms with Gasteiger partial charge in [-0.3, -0.25) is 4.72 Å². The van der Waals surface area contributed by atoms with Gasteiger partial charge in [0, 0.05) is 21.6 Å². The molecule has 0 aromatic heterocycles. The zero-order valence-corrected chi connectivity index (χ0v) is 13.2. The molecule has 0 spiro atoms. The molecule has 0 saturated heterocycles. The molecule has 0 aliphatic rings. The lowest BCUT2D eigenvalue weighted by atomic mass is 10.2. The summed E-state index contributed by atoms with van der Waals surface area (Å²) in [6, 6.07) is 10.9. The molecule has 20 heavy (non-hydrogen) atoms. The van der Waals surface area contributed by atoms with Crippen molar-refractivity contribution >= 4 is 50.5 Å². The second-order valence-corrected chi connectivity index (χ2v) is 6.79. The zero-order chi connectivity index (χ0) is 14.8. The highest BCUT2D eigenvalue weighted by molar-refractivity contribution is 7.92. The van der Waals surface area contributed by atoms with Crippen molar-refractivity contribution in [2.45, 2.75) is 10.8 Å². The number of rotatable bonds is 4. The van der Waals surface area contributed by atoms with Gasteiger partial charge in [0.1, 0.15) is 0 Å². The van der Waals surface area contributed by atoms with Crippen LogP contribution in [0.5, 0.6) is 0 Å².